The largest absolute Gasteiger partial charge is 0.469 e. The molecule has 0 bridgehead atoms. The van der Waals surface area contributed by atoms with Crippen LogP contribution in [-0.2, 0) is 30.7 Å². The summed E-state index contributed by atoms with van der Waals surface area (Å²) in [4.78, 5) is 9.15. The van der Waals surface area contributed by atoms with E-state index in [1.54, 1.807) is 13.4 Å². The van der Waals surface area contributed by atoms with Gasteiger partial charge in [0.25, 0.3) is 0 Å². The Labute approximate surface area is 182 Å². The molecule has 0 radical (unpaired) electrons. The summed E-state index contributed by atoms with van der Waals surface area (Å²) in [6.45, 7) is 8.45. The number of guanidine groups is 1. The number of aliphatic imine (C=N–C) groups is 1. The van der Waals surface area contributed by atoms with Crippen LogP contribution in [0.4, 0.5) is 0 Å². The van der Waals surface area contributed by atoms with Gasteiger partial charge in [-0.3, -0.25) is 0 Å². The molecule has 0 aromatic carbocycles. The number of nitrogens with one attached hydrogen (secondary N) is 2. The summed E-state index contributed by atoms with van der Waals surface area (Å²) in [5.74, 6) is 3.50. The monoisotopic (exact) mass is 500 g/mol. The first kappa shape index (κ1) is 22.4. The standard InChI is InChI=1S/C19H28N6O2.HI/c1-14(2)11-21-19(20-9-8-16-5-4-10-27-16)22-15-6-7-18-23-17(13-26-3)24-25(18)12-15;/h4-5,10,15H,1,6-9,11-13H2,2-3H3,(H2,20,21,22);1H. The summed E-state index contributed by atoms with van der Waals surface area (Å²) in [6, 6.07) is 4.12. The molecule has 2 aromatic rings. The lowest BCUT2D eigenvalue weighted by molar-refractivity contribution is 0.177. The molecule has 2 N–H and O–H groups in total. The van der Waals surface area contributed by atoms with E-state index < -0.39 is 0 Å². The van der Waals surface area contributed by atoms with Crippen LogP contribution < -0.4 is 10.6 Å². The van der Waals surface area contributed by atoms with Crippen molar-refractivity contribution < 1.29 is 9.15 Å². The molecule has 1 unspecified atom stereocenters. The van der Waals surface area contributed by atoms with Crippen LogP contribution in [0.15, 0.2) is 40.0 Å². The van der Waals surface area contributed by atoms with Crippen LogP contribution >= 0.6 is 24.0 Å². The van der Waals surface area contributed by atoms with Crippen LogP contribution in [0, 0.1) is 0 Å². The SMILES string of the molecule is C=C(C)CN=C(NCCc1ccco1)NC1CCc2nc(COC)nn2C1.I. The molecule has 28 heavy (non-hydrogen) atoms. The fraction of sp³-hybridized carbons (Fsp3) is 0.526. The van der Waals surface area contributed by atoms with Crippen molar-refractivity contribution in [3.63, 3.8) is 0 Å². The molecule has 2 aromatic heterocycles. The van der Waals surface area contributed by atoms with Gasteiger partial charge in [-0.1, -0.05) is 12.2 Å². The molecule has 1 aliphatic heterocycles. The van der Waals surface area contributed by atoms with Crippen LogP contribution in [0.3, 0.4) is 0 Å². The molecule has 0 aliphatic carbocycles. The minimum Gasteiger partial charge on any atom is -0.469 e. The van der Waals surface area contributed by atoms with E-state index in [9.17, 15) is 0 Å². The highest BCUT2D eigenvalue weighted by Crippen LogP contribution is 2.13. The third-order valence-corrected chi connectivity index (χ3v) is 4.27. The molecule has 0 spiro atoms. The predicted molar refractivity (Wildman–Crippen MR) is 119 cm³/mol. The van der Waals surface area contributed by atoms with Gasteiger partial charge in [-0.05, 0) is 25.5 Å². The second-order valence-corrected chi connectivity index (χ2v) is 6.82. The minimum absolute atomic E-state index is 0. The second-order valence-electron chi connectivity index (χ2n) is 6.82. The summed E-state index contributed by atoms with van der Waals surface area (Å²) < 4.78 is 12.5. The average Bonchev–Trinajstić information content (AvgIpc) is 3.28. The van der Waals surface area contributed by atoms with E-state index >= 15 is 0 Å². The molecule has 0 saturated carbocycles. The number of hydrogen-bond donors (Lipinski definition) is 2. The van der Waals surface area contributed by atoms with Crippen LogP contribution in [0.25, 0.3) is 0 Å². The normalized spacial score (nSPS) is 16.2. The Morgan fingerprint density at radius 2 is 2.36 bits per heavy atom. The number of ether oxygens (including phenoxy) is 1. The maximum Gasteiger partial charge on any atom is 0.191 e. The Morgan fingerprint density at radius 1 is 1.50 bits per heavy atom. The molecule has 9 heteroatoms. The van der Waals surface area contributed by atoms with E-state index in [2.05, 4.69) is 32.3 Å². The van der Waals surface area contributed by atoms with Crippen LogP contribution in [0.2, 0.25) is 0 Å². The smallest absolute Gasteiger partial charge is 0.191 e. The number of halogens is 1. The lowest BCUT2D eigenvalue weighted by atomic mass is 10.1. The van der Waals surface area contributed by atoms with Gasteiger partial charge in [0.2, 0.25) is 0 Å². The van der Waals surface area contributed by atoms with E-state index in [4.69, 9.17) is 9.15 Å². The molecule has 0 saturated heterocycles. The molecule has 1 aliphatic rings. The van der Waals surface area contributed by atoms with Crippen molar-refractivity contribution in [2.24, 2.45) is 4.99 Å². The quantitative estimate of drug-likeness (QED) is 0.250. The number of fused-ring (bicyclic) bond motifs is 1. The zero-order chi connectivity index (χ0) is 19.1. The summed E-state index contributed by atoms with van der Waals surface area (Å²) in [7, 11) is 1.66. The van der Waals surface area contributed by atoms with Crippen molar-refractivity contribution in [3.05, 3.63) is 48.0 Å². The maximum atomic E-state index is 5.38. The predicted octanol–water partition coefficient (Wildman–Crippen LogP) is 2.30. The third kappa shape index (κ3) is 6.62. The Hall–Kier alpha value is -1.88. The summed E-state index contributed by atoms with van der Waals surface area (Å²) in [6.07, 6.45) is 4.36. The number of methoxy groups -OCH3 is 1. The Kier molecular flexibility index (Phi) is 8.97. The van der Waals surface area contributed by atoms with Crippen molar-refractivity contribution in [3.8, 4) is 0 Å². The molecular weight excluding hydrogens is 471 g/mol. The van der Waals surface area contributed by atoms with Crippen LogP contribution in [0.5, 0.6) is 0 Å². The van der Waals surface area contributed by atoms with Gasteiger partial charge in [-0.2, -0.15) is 5.10 Å². The van der Waals surface area contributed by atoms with Gasteiger partial charge in [0.05, 0.1) is 19.4 Å². The van der Waals surface area contributed by atoms with Gasteiger partial charge in [0, 0.05) is 32.5 Å². The molecule has 0 fully saturated rings. The summed E-state index contributed by atoms with van der Waals surface area (Å²) >= 11 is 0. The highest BCUT2D eigenvalue weighted by molar-refractivity contribution is 14.0. The van der Waals surface area contributed by atoms with Gasteiger partial charge in [-0.15, -0.1) is 24.0 Å². The number of aryl methyl sites for hydroxylation is 1. The minimum atomic E-state index is 0. The van der Waals surface area contributed by atoms with Crippen molar-refractivity contribution in [2.45, 2.75) is 45.4 Å². The Balaban J connectivity index is 0.00000280. The zero-order valence-electron chi connectivity index (χ0n) is 16.5. The van der Waals surface area contributed by atoms with Gasteiger partial charge < -0.3 is 19.8 Å². The highest BCUT2D eigenvalue weighted by atomic mass is 127. The molecule has 1 atom stereocenters. The molecule has 3 heterocycles. The van der Waals surface area contributed by atoms with Gasteiger partial charge in [0.15, 0.2) is 11.8 Å². The average molecular weight is 500 g/mol. The molecule has 154 valence electrons. The van der Waals surface area contributed by atoms with Crippen LogP contribution in [0.1, 0.15) is 30.8 Å². The highest BCUT2D eigenvalue weighted by Gasteiger charge is 2.22. The number of aromatic nitrogens is 3. The van der Waals surface area contributed by atoms with E-state index in [0.717, 1.165) is 61.3 Å². The van der Waals surface area contributed by atoms with Gasteiger partial charge >= 0.3 is 0 Å². The first-order valence-corrected chi connectivity index (χ1v) is 9.27. The number of rotatable bonds is 8. The van der Waals surface area contributed by atoms with Crippen molar-refractivity contribution in [1.82, 2.24) is 25.4 Å². The Bertz CT molecular complexity index is 771. The zero-order valence-corrected chi connectivity index (χ0v) is 18.8. The van der Waals surface area contributed by atoms with Gasteiger partial charge in [0.1, 0.15) is 18.2 Å². The number of hydrogen-bond acceptors (Lipinski definition) is 5. The number of nitrogens with zero attached hydrogens (tertiary/aromatic N) is 4. The first-order valence-electron chi connectivity index (χ1n) is 9.27. The fourth-order valence-electron chi connectivity index (χ4n) is 2.99. The van der Waals surface area contributed by atoms with E-state index in [1.807, 2.05) is 23.7 Å². The topological polar surface area (TPSA) is 89.5 Å². The molecule has 3 rings (SSSR count). The molecule has 0 amide bonds. The first-order chi connectivity index (χ1) is 13.1. The van der Waals surface area contributed by atoms with Gasteiger partial charge in [-0.25, -0.2) is 14.7 Å². The summed E-state index contributed by atoms with van der Waals surface area (Å²) in [5, 5.41) is 11.4. The molecule has 8 nitrogen and oxygen atoms in total. The number of furan rings is 1. The van der Waals surface area contributed by atoms with Crippen LogP contribution in [-0.4, -0.2) is 47.0 Å². The second kappa shape index (κ2) is 11.2. The fourth-order valence-corrected chi connectivity index (χ4v) is 2.99. The van der Waals surface area contributed by atoms with E-state index in [0.29, 0.717) is 13.2 Å². The van der Waals surface area contributed by atoms with Crippen molar-refractivity contribution in [2.75, 3.05) is 20.2 Å². The molecular formula is C19H29IN6O2. The lowest BCUT2D eigenvalue weighted by Gasteiger charge is -2.25. The Morgan fingerprint density at radius 3 is 3.07 bits per heavy atom. The third-order valence-electron chi connectivity index (χ3n) is 4.27. The van der Waals surface area contributed by atoms with E-state index in [1.165, 1.54) is 0 Å². The maximum absolute atomic E-state index is 5.38. The van der Waals surface area contributed by atoms with Crippen molar-refractivity contribution >= 4 is 29.9 Å². The summed E-state index contributed by atoms with van der Waals surface area (Å²) in [5.41, 5.74) is 1.02. The lowest BCUT2D eigenvalue weighted by Crippen LogP contribution is -2.47. The van der Waals surface area contributed by atoms with E-state index in [-0.39, 0.29) is 30.0 Å². The van der Waals surface area contributed by atoms with Crippen molar-refractivity contribution in [1.29, 1.82) is 0 Å².